The molecule has 0 saturated heterocycles. The van der Waals surface area contributed by atoms with E-state index in [1.807, 2.05) is 0 Å². The van der Waals surface area contributed by atoms with Crippen LogP contribution >= 0.6 is 0 Å². The Morgan fingerprint density at radius 1 is 0.425 bits per heavy atom. The Labute approximate surface area is 486 Å². The first-order valence-electron chi connectivity index (χ1n) is 24.8. The maximum absolute atomic E-state index is 13.1. The van der Waals surface area contributed by atoms with E-state index in [-0.39, 0.29) is 28.1 Å². The van der Waals surface area contributed by atoms with Gasteiger partial charge in [-0.25, -0.2) is 9.59 Å². The zero-order valence-corrected chi connectivity index (χ0v) is 45.6. The third-order valence-corrected chi connectivity index (χ3v) is 15.3. The van der Waals surface area contributed by atoms with Gasteiger partial charge in [-0.05, 0) is 136 Å². The Kier molecular flexibility index (Phi) is 19.8. The smallest absolute Gasteiger partial charge is 0.508 e. The molecule has 2 aliphatic carbocycles. The molecular formula is C54H48F6N4O21S2. The van der Waals surface area contributed by atoms with Crippen molar-refractivity contribution < 1.29 is 128 Å². The number of amides is 2. The first-order valence-corrected chi connectivity index (χ1v) is 27.8. The van der Waals surface area contributed by atoms with Crippen LogP contribution in [0.25, 0.3) is 0 Å². The summed E-state index contributed by atoms with van der Waals surface area (Å²) in [5.74, 6) is -12.2. The largest absolute Gasteiger partial charge is 0.516 e. The van der Waals surface area contributed by atoms with Crippen molar-refractivity contribution in [3.63, 3.8) is 0 Å². The van der Waals surface area contributed by atoms with Crippen LogP contribution < -0.4 is 20.1 Å². The van der Waals surface area contributed by atoms with Crippen molar-refractivity contribution in [2.45, 2.75) is 73.8 Å². The molecule has 0 unspecified atom stereocenters. The third kappa shape index (κ3) is 15.1. The van der Waals surface area contributed by atoms with Crippen molar-refractivity contribution in [2.75, 3.05) is 9.44 Å². The summed E-state index contributed by atoms with van der Waals surface area (Å²) >= 11 is 0. The maximum atomic E-state index is 13.1. The third-order valence-electron chi connectivity index (χ3n) is 13.1. The molecule has 0 aliphatic heterocycles. The standard InChI is InChI=1S/2C27H23F3N2O10S.H2O/c2*28-27(29,30)43(40,41)32-17-4-1-5-18(34)22(17)24(37)23-19(35)11-14(12-20(23)36)26(39)42-21-6-2-3-16(21)31-25(38)13-7-9-15(33)10-8-13;/h2*1,4-5,7-12,16,21,32-36H,2-3,6H2,(H,31,38);1H2/t2*16-,21-;/m00./s1. The summed E-state index contributed by atoms with van der Waals surface area (Å²) in [4.78, 5) is 77.1. The number of carbonyl (C=O) groups is 6. The van der Waals surface area contributed by atoms with Gasteiger partial charge in [-0.2, -0.15) is 43.2 Å². The van der Waals surface area contributed by atoms with Crippen LogP contribution in [0.3, 0.4) is 0 Å². The van der Waals surface area contributed by atoms with Gasteiger partial charge in [0.25, 0.3) is 11.8 Å². The van der Waals surface area contributed by atoms with Crippen LogP contribution in [0, 0.1) is 0 Å². The van der Waals surface area contributed by atoms with Crippen LogP contribution in [0.4, 0.5) is 37.7 Å². The van der Waals surface area contributed by atoms with Gasteiger partial charge in [0, 0.05) is 11.1 Å². The van der Waals surface area contributed by atoms with Crippen LogP contribution in [-0.2, 0) is 29.5 Å². The Hall–Kier alpha value is -10.0. The fourth-order valence-corrected chi connectivity index (χ4v) is 10.1. The van der Waals surface area contributed by atoms with Gasteiger partial charge in [-0.3, -0.25) is 28.6 Å². The summed E-state index contributed by atoms with van der Waals surface area (Å²) in [6, 6.07) is 17.8. The van der Waals surface area contributed by atoms with Gasteiger partial charge >= 0.3 is 43.0 Å². The molecule has 4 atom stereocenters. The predicted molar refractivity (Wildman–Crippen MR) is 288 cm³/mol. The van der Waals surface area contributed by atoms with E-state index in [1.165, 1.54) is 48.5 Å². The highest BCUT2D eigenvalue weighted by atomic mass is 32.2. The second-order valence-electron chi connectivity index (χ2n) is 18.9. The van der Waals surface area contributed by atoms with Crippen molar-refractivity contribution in [3.8, 4) is 46.0 Å². The Bertz CT molecular complexity index is 3590. The summed E-state index contributed by atoms with van der Waals surface area (Å²) in [6.45, 7) is 0. The Balaban J connectivity index is 0.000000275. The fraction of sp³-hybridized carbons (Fsp3) is 0.222. The SMILES string of the molecule is O.O=C(N[C@H]1CCC[C@@H]1OC(=O)c1cc(O)c(C(=O)c2c(O)cccc2NS(=O)(=O)C(F)(F)F)c(O)c1)c1ccc(O)cc1.O=C(N[C@H]1CCC[C@@H]1OC(=O)c1cc(O)c(C(=O)c2c(O)cccc2NS(=O)(=O)C(F)(F)F)c(O)c1)c1ccc(O)cc1. The van der Waals surface area contributed by atoms with E-state index in [1.54, 1.807) is 0 Å². The quantitative estimate of drug-likeness (QED) is 0.0292. The molecule has 0 bridgehead atoms. The minimum absolute atomic E-state index is 0. The lowest BCUT2D eigenvalue weighted by molar-refractivity contribution is -0.0435. The fourth-order valence-electron chi connectivity index (χ4n) is 8.91. The lowest BCUT2D eigenvalue weighted by atomic mass is 9.97. The summed E-state index contributed by atoms with van der Waals surface area (Å²) in [5.41, 5.74) is -17.8. The molecule has 8 rings (SSSR count). The first-order chi connectivity index (χ1) is 40.2. The molecular weight excluding hydrogens is 1220 g/mol. The van der Waals surface area contributed by atoms with E-state index in [9.17, 15) is 113 Å². The number of rotatable bonds is 16. The highest BCUT2D eigenvalue weighted by Gasteiger charge is 2.48. The normalized spacial score (nSPS) is 16.6. The van der Waals surface area contributed by atoms with E-state index in [4.69, 9.17) is 9.47 Å². The van der Waals surface area contributed by atoms with Crippen LogP contribution in [0.5, 0.6) is 46.0 Å². The van der Waals surface area contributed by atoms with Gasteiger partial charge in [0.1, 0.15) is 69.3 Å². The van der Waals surface area contributed by atoms with E-state index < -0.39 is 170 Å². The number of benzene rings is 6. The zero-order valence-electron chi connectivity index (χ0n) is 44.0. The monoisotopic (exact) mass is 1270 g/mol. The lowest BCUT2D eigenvalue weighted by Gasteiger charge is -2.22. The number of anilines is 2. The molecule has 14 N–H and O–H groups in total. The van der Waals surface area contributed by atoms with Crippen LogP contribution in [-0.4, -0.2) is 134 Å². The van der Waals surface area contributed by atoms with Gasteiger partial charge in [0.2, 0.25) is 11.6 Å². The molecule has 6 aromatic carbocycles. The first kappa shape index (κ1) is 66.1. The highest BCUT2D eigenvalue weighted by molar-refractivity contribution is 7.93. The molecule has 6 aromatic rings. The summed E-state index contributed by atoms with van der Waals surface area (Å²) in [7, 11) is -12.0. The van der Waals surface area contributed by atoms with Crippen molar-refractivity contribution in [3.05, 3.63) is 154 Å². The second kappa shape index (κ2) is 26.1. The molecule has 0 aromatic heterocycles. The van der Waals surface area contributed by atoms with Crippen molar-refractivity contribution in [1.82, 2.24) is 10.6 Å². The molecule has 0 heterocycles. The molecule has 2 saturated carbocycles. The average molecular weight is 1270 g/mol. The molecule has 2 fully saturated rings. The molecule has 33 heteroatoms. The second-order valence-corrected chi connectivity index (χ2v) is 22.3. The van der Waals surface area contributed by atoms with E-state index in [0.717, 1.165) is 70.1 Å². The van der Waals surface area contributed by atoms with Gasteiger partial charge in [0.15, 0.2) is 0 Å². The number of esters is 2. The predicted octanol–water partition coefficient (Wildman–Crippen LogP) is 6.19. The number of ether oxygens (including phenoxy) is 2. The summed E-state index contributed by atoms with van der Waals surface area (Å²) in [5, 5.41) is 86.6. The number of nitrogens with one attached hydrogen (secondary N) is 4. The van der Waals surface area contributed by atoms with E-state index in [2.05, 4.69) is 10.6 Å². The van der Waals surface area contributed by atoms with E-state index in [0.29, 0.717) is 38.5 Å². The average Bonchev–Trinajstić information content (AvgIpc) is 1.39. The van der Waals surface area contributed by atoms with Crippen molar-refractivity contribution in [2.24, 2.45) is 0 Å². The number of ketones is 2. The van der Waals surface area contributed by atoms with Gasteiger partial charge < -0.3 is 66.4 Å². The Morgan fingerprint density at radius 3 is 1.03 bits per heavy atom. The molecule has 87 heavy (non-hydrogen) atoms. The number of sulfonamides is 2. The van der Waals surface area contributed by atoms with Crippen LogP contribution in [0.1, 0.15) is 112 Å². The van der Waals surface area contributed by atoms with Crippen molar-refractivity contribution >= 4 is 66.7 Å². The molecule has 464 valence electrons. The maximum Gasteiger partial charge on any atom is 0.516 e. The summed E-state index contributed by atoms with van der Waals surface area (Å²) < 4.78 is 137. The van der Waals surface area contributed by atoms with E-state index >= 15 is 0 Å². The number of aromatic hydroxyl groups is 8. The van der Waals surface area contributed by atoms with Gasteiger partial charge in [-0.15, -0.1) is 0 Å². The summed E-state index contributed by atoms with van der Waals surface area (Å²) in [6.07, 6.45) is 1.23. The van der Waals surface area contributed by atoms with Crippen LogP contribution in [0.2, 0.25) is 0 Å². The van der Waals surface area contributed by atoms with Gasteiger partial charge in [0.05, 0.1) is 45.7 Å². The molecule has 2 aliphatic rings. The number of hydrogen-bond donors (Lipinski definition) is 12. The highest BCUT2D eigenvalue weighted by Crippen LogP contribution is 2.40. The van der Waals surface area contributed by atoms with Crippen LogP contribution in [0.15, 0.2) is 109 Å². The Morgan fingerprint density at radius 2 is 0.736 bits per heavy atom. The zero-order chi connectivity index (χ0) is 63.4. The molecule has 0 radical (unpaired) electrons. The molecule has 0 spiro atoms. The number of hydrogen-bond acceptors (Lipinski definition) is 20. The molecule has 25 nitrogen and oxygen atoms in total. The number of phenols is 8. The number of phenolic OH excluding ortho intramolecular Hbond substituents is 8. The topological polar surface area (TPSA) is 431 Å². The lowest BCUT2D eigenvalue weighted by Crippen LogP contribution is -2.41. The minimum atomic E-state index is -6.02. The minimum Gasteiger partial charge on any atom is -0.508 e. The number of carbonyl (C=O) groups excluding carboxylic acids is 6. The van der Waals surface area contributed by atoms with Crippen molar-refractivity contribution in [1.29, 1.82) is 0 Å². The van der Waals surface area contributed by atoms with Gasteiger partial charge in [-0.1, -0.05) is 12.1 Å². The molecule has 2 amide bonds. The number of alkyl halides is 6. The number of halogens is 6.